The third-order valence-corrected chi connectivity index (χ3v) is 11.5. The molecular weight excluding hydrogens is 767 g/mol. The van der Waals surface area contributed by atoms with Crippen molar-refractivity contribution in [1.82, 2.24) is 0 Å². The summed E-state index contributed by atoms with van der Waals surface area (Å²) >= 11 is 0. The van der Waals surface area contributed by atoms with Gasteiger partial charge in [-0.2, -0.15) is 0 Å². The molecule has 2 atom stereocenters. The molecule has 6 aromatic rings. The van der Waals surface area contributed by atoms with Gasteiger partial charge >= 0.3 is 0 Å². The Morgan fingerprint density at radius 1 is 0.367 bits per heavy atom. The molecule has 2 nitrogen and oxygen atoms in total. The van der Waals surface area contributed by atoms with Gasteiger partial charge in [-0.15, -0.1) is 0 Å². The van der Waals surface area contributed by atoms with Gasteiger partial charge in [-0.3, -0.25) is 0 Å². The maximum Gasteiger partial charge on any atom is 0.147 e. The van der Waals surface area contributed by atoms with Crippen molar-refractivity contribution in [3.63, 3.8) is 0 Å². The predicted molar refractivity (Wildman–Crippen MR) is 225 cm³/mol. The van der Waals surface area contributed by atoms with Gasteiger partial charge in [-0.05, 0) is 129 Å². The molecule has 0 aliphatic heterocycles. The van der Waals surface area contributed by atoms with E-state index in [1.165, 1.54) is 48.5 Å². The molecule has 0 fully saturated rings. The van der Waals surface area contributed by atoms with Crippen LogP contribution in [0.25, 0.3) is 22.3 Å². The van der Waals surface area contributed by atoms with E-state index in [4.69, 9.17) is 0 Å². The third-order valence-electron chi connectivity index (χ3n) is 11.5. The highest BCUT2D eigenvalue weighted by molar-refractivity contribution is 5.82. The van der Waals surface area contributed by atoms with E-state index in [1.54, 1.807) is 94.7 Å². The fourth-order valence-electron chi connectivity index (χ4n) is 8.70. The summed E-state index contributed by atoms with van der Waals surface area (Å²) in [5.74, 6) is -3.82. The van der Waals surface area contributed by atoms with Crippen LogP contribution in [0.4, 0.5) is 49.1 Å². The van der Waals surface area contributed by atoms with E-state index in [-0.39, 0.29) is 34.6 Å². The topological polar surface area (TPSA) is 6.48 Å². The Kier molecular flexibility index (Phi) is 9.13. The Morgan fingerprint density at radius 3 is 1.42 bits per heavy atom. The largest absolute Gasteiger partial charge is 0.304 e. The molecule has 0 spiro atoms. The van der Waals surface area contributed by atoms with E-state index in [2.05, 4.69) is 0 Å². The number of rotatable bonds is 8. The first-order valence-electron chi connectivity index (χ1n) is 19.4. The van der Waals surface area contributed by atoms with Crippen LogP contribution in [0.5, 0.6) is 0 Å². The lowest BCUT2D eigenvalue weighted by atomic mass is 9.63. The summed E-state index contributed by atoms with van der Waals surface area (Å²) in [6, 6.07) is 33.2. The zero-order chi connectivity index (χ0) is 41.1. The van der Waals surface area contributed by atoms with Gasteiger partial charge in [0.05, 0.1) is 34.1 Å². The first-order valence-corrected chi connectivity index (χ1v) is 19.4. The van der Waals surface area contributed by atoms with E-state index in [1.807, 2.05) is 48.6 Å². The van der Waals surface area contributed by atoms with Crippen molar-refractivity contribution in [2.45, 2.75) is 0 Å². The molecule has 6 aromatic carbocycles. The van der Waals surface area contributed by atoms with Crippen molar-refractivity contribution in [2.75, 3.05) is 9.80 Å². The van der Waals surface area contributed by atoms with Crippen LogP contribution in [0, 0.1) is 46.7 Å². The van der Waals surface area contributed by atoms with Gasteiger partial charge in [-0.25, -0.2) is 26.3 Å². The summed E-state index contributed by atoms with van der Waals surface area (Å²) in [6.45, 7) is 0. The van der Waals surface area contributed by atoms with Gasteiger partial charge in [0.15, 0.2) is 0 Å². The van der Waals surface area contributed by atoms with Gasteiger partial charge in [0, 0.05) is 11.8 Å². The lowest BCUT2D eigenvalue weighted by molar-refractivity contribution is 0.548. The molecule has 0 amide bonds. The number of para-hydroxylation sites is 2. The van der Waals surface area contributed by atoms with Crippen molar-refractivity contribution in [2.24, 2.45) is 11.8 Å². The van der Waals surface area contributed by atoms with Gasteiger partial charge in [0.1, 0.15) is 34.9 Å². The van der Waals surface area contributed by atoms with Crippen LogP contribution in [-0.2, 0) is 0 Å². The molecular formula is C52H32F6N2. The van der Waals surface area contributed by atoms with E-state index in [0.29, 0.717) is 33.6 Å². The van der Waals surface area contributed by atoms with Crippen molar-refractivity contribution in [3.05, 3.63) is 251 Å². The monoisotopic (exact) mass is 798 g/mol. The van der Waals surface area contributed by atoms with Crippen LogP contribution in [0.3, 0.4) is 0 Å². The van der Waals surface area contributed by atoms with Crippen LogP contribution in [0.2, 0.25) is 0 Å². The van der Waals surface area contributed by atoms with E-state index in [9.17, 15) is 8.78 Å². The third kappa shape index (κ3) is 6.32. The Morgan fingerprint density at radius 2 is 0.833 bits per heavy atom. The normalized spacial score (nSPS) is 17.4. The minimum absolute atomic E-state index is 0.0919. The lowest BCUT2D eigenvalue weighted by Crippen LogP contribution is -2.35. The quantitative estimate of drug-likeness (QED) is 0.142. The standard InChI is InChI=1S/C52H32F6N2/c53-37-19-9-31(10-20-37)35-15-25-43(57)49(29-35)59(47-7-3-1-5-41(47)55)45-27-17-33-14-24-40-46(28-18-34-13-23-39(45)51(33)52(34)40)60(48-8-4-2-6-42(48)56)50-30-36(16-26-44(50)58)32-11-21-38(54)22-12-32/h1-30,51-52H. The summed E-state index contributed by atoms with van der Waals surface area (Å²) in [6.07, 6.45) is 15.5. The maximum atomic E-state index is 16.3. The minimum Gasteiger partial charge on any atom is -0.304 e. The zero-order valence-electron chi connectivity index (χ0n) is 31.6. The van der Waals surface area contributed by atoms with Gasteiger partial charge in [0.25, 0.3) is 0 Å². The molecule has 292 valence electrons. The van der Waals surface area contributed by atoms with Crippen LogP contribution in [0.15, 0.2) is 216 Å². The second kappa shape index (κ2) is 14.8. The predicted octanol–water partition coefficient (Wildman–Crippen LogP) is 14.1. The molecule has 0 bridgehead atoms. The second-order valence-electron chi connectivity index (χ2n) is 14.9. The molecule has 0 N–H and O–H groups in total. The number of hydrogen-bond acceptors (Lipinski definition) is 2. The Bertz CT molecular complexity index is 2950. The lowest BCUT2D eigenvalue weighted by Gasteiger charge is -2.45. The average Bonchev–Trinajstić information content (AvgIpc) is 3.27. The van der Waals surface area contributed by atoms with E-state index in [0.717, 1.165) is 22.3 Å². The number of nitrogens with zero attached hydrogens (tertiary/aromatic N) is 2. The van der Waals surface area contributed by atoms with Gasteiger partial charge in [0.2, 0.25) is 0 Å². The first-order chi connectivity index (χ1) is 29.2. The summed E-state index contributed by atoms with van der Waals surface area (Å²) in [7, 11) is 0. The SMILES string of the molecule is Fc1ccc(-c2ccc(F)c(N(C3=CC=C4C=CC5=C(N(c6ccccc6F)c6cc(-c7ccc(F)cc7)ccc6F)C=CC6=CC=C3C4C65)c3ccccc3F)c2)cc1. The summed E-state index contributed by atoms with van der Waals surface area (Å²) in [4.78, 5) is 3.16. The van der Waals surface area contributed by atoms with Crippen molar-refractivity contribution >= 4 is 22.7 Å². The molecule has 8 heteroatoms. The number of halogens is 6. The van der Waals surface area contributed by atoms with Crippen molar-refractivity contribution in [3.8, 4) is 22.3 Å². The number of benzene rings is 6. The minimum atomic E-state index is -0.593. The summed E-state index contributed by atoms with van der Waals surface area (Å²) in [5.41, 5.74) is 7.51. The van der Waals surface area contributed by atoms with Crippen LogP contribution < -0.4 is 9.80 Å². The highest BCUT2D eigenvalue weighted by atomic mass is 19.1. The highest BCUT2D eigenvalue weighted by Crippen LogP contribution is 2.54. The van der Waals surface area contributed by atoms with Crippen LogP contribution >= 0.6 is 0 Å². The molecule has 4 aliphatic carbocycles. The van der Waals surface area contributed by atoms with E-state index < -0.39 is 34.9 Å². The average molecular weight is 799 g/mol. The molecule has 0 aromatic heterocycles. The molecule has 10 rings (SSSR count). The maximum absolute atomic E-state index is 16.3. The van der Waals surface area contributed by atoms with Gasteiger partial charge in [-0.1, -0.05) is 97.1 Å². The smallest absolute Gasteiger partial charge is 0.147 e. The Balaban J connectivity index is 1.12. The fourth-order valence-corrected chi connectivity index (χ4v) is 8.70. The number of allylic oxidation sites excluding steroid dienone is 12. The Hall–Kier alpha value is -7.32. The second-order valence-corrected chi connectivity index (χ2v) is 14.9. The molecule has 4 aliphatic rings. The zero-order valence-corrected chi connectivity index (χ0v) is 31.6. The molecule has 0 saturated heterocycles. The molecule has 0 heterocycles. The van der Waals surface area contributed by atoms with E-state index >= 15 is 17.6 Å². The van der Waals surface area contributed by atoms with Crippen molar-refractivity contribution < 1.29 is 26.3 Å². The molecule has 0 saturated carbocycles. The molecule has 60 heavy (non-hydrogen) atoms. The van der Waals surface area contributed by atoms with Gasteiger partial charge < -0.3 is 9.80 Å². The fraction of sp³-hybridized carbons (Fsp3) is 0.0385. The number of anilines is 4. The van der Waals surface area contributed by atoms with Crippen LogP contribution in [0.1, 0.15) is 0 Å². The van der Waals surface area contributed by atoms with Crippen molar-refractivity contribution in [1.29, 1.82) is 0 Å². The van der Waals surface area contributed by atoms with Crippen LogP contribution in [-0.4, -0.2) is 0 Å². The molecule has 2 unspecified atom stereocenters. The Labute approximate surface area is 342 Å². The summed E-state index contributed by atoms with van der Waals surface area (Å²) in [5, 5.41) is 0. The first kappa shape index (κ1) is 37.0. The number of hydrogen-bond donors (Lipinski definition) is 0. The highest BCUT2D eigenvalue weighted by Gasteiger charge is 2.43. The molecule has 0 radical (unpaired) electrons. The summed E-state index contributed by atoms with van der Waals surface area (Å²) < 4.78 is 92.4.